The number of benzene rings is 1. The molecule has 1 aliphatic rings. The molecular weight excluding hydrogens is 409 g/mol. The molecule has 4 rings (SSSR count). The summed E-state index contributed by atoms with van der Waals surface area (Å²) in [5, 5.41) is 10.4. The SMILES string of the molecule is CC(=O)N(c1nc(CSc2n[nH]c(CC3CCCC3)n2)cs1)c1ccccc1F. The van der Waals surface area contributed by atoms with Gasteiger partial charge in [-0.25, -0.2) is 14.4 Å². The van der Waals surface area contributed by atoms with Crippen molar-refractivity contribution in [3.63, 3.8) is 0 Å². The summed E-state index contributed by atoms with van der Waals surface area (Å²) in [5.41, 5.74) is 1.01. The molecule has 1 fully saturated rings. The third-order valence-electron chi connectivity index (χ3n) is 4.96. The number of thioether (sulfide) groups is 1. The molecule has 9 heteroatoms. The number of nitrogens with zero attached hydrogens (tertiary/aromatic N) is 4. The van der Waals surface area contributed by atoms with Gasteiger partial charge in [-0.05, 0) is 18.1 Å². The number of carbonyl (C=O) groups is 1. The maximum atomic E-state index is 14.2. The summed E-state index contributed by atoms with van der Waals surface area (Å²) in [6.07, 6.45) is 6.15. The van der Waals surface area contributed by atoms with Gasteiger partial charge in [-0.15, -0.1) is 16.4 Å². The Morgan fingerprint density at radius 2 is 2.10 bits per heavy atom. The molecule has 0 aliphatic heterocycles. The molecule has 0 saturated heterocycles. The van der Waals surface area contributed by atoms with E-state index in [4.69, 9.17) is 0 Å². The second-order valence-corrected chi connectivity index (χ2v) is 8.91. The molecule has 3 aromatic rings. The van der Waals surface area contributed by atoms with Gasteiger partial charge in [-0.3, -0.25) is 14.8 Å². The minimum Gasteiger partial charge on any atom is -0.274 e. The molecule has 0 bridgehead atoms. The predicted octanol–water partition coefficient (Wildman–Crippen LogP) is 5.11. The molecule has 6 nitrogen and oxygen atoms in total. The molecule has 0 atom stereocenters. The van der Waals surface area contributed by atoms with Crippen LogP contribution in [0.5, 0.6) is 0 Å². The third kappa shape index (κ3) is 4.84. The van der Waals surface area contributed by atoms with Crippen LogP contribution in [0.1, 0.15) is 44.1 Å². The van der Waals surface area contributed by atoms with E-state index in [1.54, 1.807) is 18.2 Å². The normalized spacial score (nSPS) is 14.4. The van der Waals surface area contributed by atoms with E-state index >= 15 is 0 Å². The zero-order chi connectivity index (χ0) is 20.2. The smallest absolute Gasteiger partial charge is 0.230 e. The maximum Gasteiger partial charge on any atom is 0.230 e. The summed E-state index contributed by atoms with van der Waals surface area (Å²) in [4.78, 5) is 22.5. The van der Waals surface area contributed by atoms with Gasteiger partial charge in [-0.1, -0.05) is 49.6 Å². The average Bonchev–Trinajstić information content (AvgIpc) is 3.45. The highest BCUT2D eigenvalue weighted by Gasteiger charge is 2.21. The van der Waals surface area contributed by atoms with Gasteiger partial charge < -0.3 is 0 Å². The van der Waals surface area contributed by atoms with Crippen molar-refractivity contribution >= 4 is 39.8 Å². The highest BCUT2D eigenvalue weighted by molar-refractivity contribution is 7.98. The predicted molar refractivity (Wildman–Crippen MR) is 113 cm³/mol. The first kappa shape index (κ1) is 20.0. The van der Waals surface area contributed by atoms with Crippen LogP contribution in [0.4, 0.5) is 15.2 Å². The van der Waals surface area contributed by atoms with Crippen molar-refractivity contribution in [2.45, 2.75) is 49.9 Å². The Bertz CT molecular complexity index is 983. The van der Waals surface area contributed by atoms with E-state index in [-0.39, 0.29) is 11.6 Å². The number of rotatable bonds is 7. The zero-order valence-electron chi connectivity index (χ0n) is 16.1. The van der Waals surface area contributed by atoms with Crippen molar-refractivity contribution in [3.8, 4) is 0 Å². The molecule has 1 aromatic carbocycles. The van der Waals surface area contributed by atoms with E-state index in [9.17, 15) is 9.18 Å². The topological polar surface area (TPSA) is 74.8 Å². The highest BCUT2D eigenvalue weighted by Crippen LogP contribution is 2.32. The van der Waals surface area contributed by atoms with Crippen LogP contribution in [0.15, 0.2) is 34.8 Å². The number of amides is 1. The number of hydrogen-bond acceptors (Lipinski definition) is 6. The number of aromatic nitrogens is 4. The van der Waals surface area contributed by atoms with Crippen molar-refractivity contribution in [2.75, 3.05) is 4.90 Å². The van der Waals surface area contributed by atoms with Gasteiger partial charge in [-0.2, -0.15) is 0 Å². The molecule has 29 heavy (non-hydrogen) atoms. The number of H-pyrrole nitrogens is 1. The zero-order valence-corrected chi connectivity index (χ0v) is 17.7. The minimum absolute atomic E-state index is 0.207. The Labute approximate surface area is 177 Å². The Kier molecular flexibility index (Phi) is 6.25. The molecule has 0 spiro atoms. The summed E-state index contributed by atoms with van der Waals surface area (Å²) in [5.74, 6) is 1.51. The second kappa shape index (κ2) is 9.04. The molecule has 1 N–H and O–H groups in total. The van der Waals surface area contributed by atoms with Gasteiger partial charge in [0.05, 0.1) is 11.4 Å². The lowest BCUT2D eigenvalue weighted by atomic mass is 10.0. The van der Waals surface area contributed by atoms with E-state index in [2.05, 4.69) is 20.2 Å². The van der Waals surface area contributed by atoms with Gasteiger partial charge >= 0.3 is 0 Å². The van der Waals surface area contributed by atoms with Crippen LogP contribution in [0.3, 0.4) is 0 Å². The van der Waals surface area contributed by atoms with E-state index in [1.807, 2.05) is 5.38 Å². The number of para-hydroxylation sites is 1. The summed E-state index contributed by atoms with van der Waals surface area (Å²) in [6, 6.07) is 6.21. The molecule has 2 heterocycles. The number of hydrogen-bond donors (Lipinski definition) is 1. The van der Waals surface area contributed by atoms with Crippen LogP contribution in [-0.4, -0.2) is 26.1 Å². The summed E-state index contributed by atoms with van der Waals surface area (Å²) in [6.45, 7) is 1.40. The van der Waals surface area contributed by atoms with E-state index in [1.165, 1.54) is 66.7 Å². The first-order valence-corrected chi connectivity index (χ1v) is 11.5. The van der Waals surface area contributed by atoms with Crippen molar-refractivity contribution in [1.29, 1.82) is 0 Å². The molecule has 0 radical (unpaired) electrons. The molecular formula is C20H22FN5OS2. The van der Waals surface area contributed by atoms with Crippen LogP contribution in [0.2, 0.25) is 0 Å². The monoisotopic (exact) mass is 431 g/mol. The molecule has 2 aromatic heterocycles. The highest BCUT2D eigenvalue weighted by atomic mass is 32.2. The Morgan fingerprint density at radius 3 is 2.86 bits per heavy atom. The van der Waals surface area contributed by atoms with E-state index in [0.717, 1.165) is 23.9 Å². The third-order valence-corrected chi connectivity index (χ3v) is 6.71. The fourth-order valence-electron chi connectivity index (χ4n) is 3.57. The van der Waals surface area contributed by atoms with Gasteiger partial charge in [0.1, 0.15) is 11.6 Å². The van der Waals surface area contributed by atoms with Crippen LogP contribution in [0.25, 0.3) is 0 Å². The minimum atomic E-state index is -0.454. The van der Waals surface area contributed by atoms with Gasteiger partial charge in [0.2, 0.25) is 11.1 Å². The summed E-state index contributed by atoms with van der Waals surface area (Å²) < 4.78 is 14.2. The van der Waals surface area contributed by atoms with Gasteiger partial charge in [0, 0.05) is 24.5 Å². The lowest BCUT2D eigenvalue weighted by Gasteiger charge is -2.18. The van der Waals surface area contributed by atoms with Crippen molar-refractivity contribution in [3.05, 3.63) is 47.0 Å². The van der Waals surface area contributed by atoms with Crippen molar-refractivity contribution in [2.24, 2.45) is 5.92 Å². The first-order chi connectivity index (χ1) is 14.1. The molecule has 152 valence electrons. The number of carbonyl (C=O) groups excluding carboxylic acids is 1. The molecule has 1 saturated carbocycles. The van der Waals surface area contributed by atoms with Crippen LogP contribution >= 0.6 is 23.1 Å². The maximum absolute atomic E-state index is 14.2. The lowest BCUT2D eigenvalue weighted by molar-refractivity contribution is -0.115. The van der Waals surface area contributed by atoms with Crippen molar-refractivity contribution < 1.29 is 9.18 Å². The average molecular weight is 432 g/mol. The van der Waals surface area contributed by atoms with Crippen LogP contribution in [-0.2, 0) is 17.0 Å². The number of anilines is 2. The largest absolute Gasteiger partial charge is 0.274 e. The van der Waals surface area contributed by atoms with Crippen molar-refractivity contribution in [1.82, 2.24) is 20.2 Å². The lowest BCUT2D eigenvalue weighted by Crippen LogP contribution is -2.23. The summed E-state index contributed by atoms with van der Waals surface area (Å²) >= 11 is 2.81. The van der Waals surface area contributed by atoms with E-state index < -0.39 is 5.82 Å². The fourth-order valence-corrected chi connectivity index (χ4v) is 5.26. The second-order valence-electron chi connectivity index (χ2n) is 7.14. The quantitative estimate of drug-likeness (QED) is 0.526. The fraction of sp³-hybridized carbons (Fsp3) is 0.400. The number of nitrogens with one attached hydrogen (secondary N) is 1. The van der Waals surface area contributed by atoms with E-state index in [0.29, 0.717) is 16.0 Å². The first-order valence-electron chi connectivity index (χ1n) is 9.64. The van der Waals surface area contributed by atoms with Gasteiger partial charge in [0.15, 0.2) is 5.13 Å². The standard InChI is InChI=1S/C20H22FN5OS2/c1-13(27)26(17-9-5-4-8-16(17)21)20-22-15(12-29-20)11-28-19-23-18(24-25-19)10-14-6-2-3-7-14/h4-5,8-9,12,14H,2-3,6-7,10-11H2,1H3,(H,23,24,25). The summed E-state index contributed by atoms with van der Waals surface area (Å²) in [7, 11) is 0. The van der Waals surface area contributed by atoms with Gasteiger partial charge in [0.25, 0.3) is 0 Å². The van der Waals surface area contributed by atoms with Crippen LogP contribution < -0.4 is 4.90 Å². The number of halogens is 1. The Hall–Kier alpha value is -2.26. The number of aromatic amines is 1. The van der Waals surface area contributed by atoms with Crippen LogP contribution in [0, 0.1) is 11.7 Å². The molecule has 0 unspecified atom stereocenters. The Morgan fingerprint density at radius 1 is 1.31 bits per heavy atom. The molecule has 1 aliphatic carbocycles. The molecule has 1 amide bonds. The number of thiazole rings is 1. The Balaban J connectivity index is 1.40.